The lowest BCUT2D eigenvalue weighted by atomic mass is 9.94. The maximum absolute atomic E-state index is 5.40. The Balaban J connectivity index is 1.42. The van der Waals surface area contributed by atoms with Crippen molar-refractivity contribution in [2.75, 3.05) is 20.8 Å². The number of nitrogens with zero attached hydrogens (tertiary/aromatic N) is 5. The molecule has 0 spiro atoms. The normalized spacial score (nSPS) is 16.1. The molecule has 0 aliphatic carbocycles. The Morgan fingerprint density at radius 1 is 1.03 bits per heavy atom. The number of tetrazole rings is 1. The topological polar surface area (TPSA) is 65.3 Å². The molecule has 158 valence electrons. The van der Waals surface area contributed by atoms with Crippen molar-refractivity contribution in [3.05, 3.63) is 76.0 Å². The van der Waals surface area contributed by atoms with Gasteiger partial charge in [-0.2, -0.15) is 0 Å². The zero-order valence-corrected chi connectivity index (χ0v) is 18.2. The van der Waals surface area contributed by atoms with E-state index in [2.05, 4.69) is 62.1 Å². The van der Waals surface area contributed by atoms with Crippen LogP contribution in [0.5, 0.6) is 11.5 Å². The molecule has 0 saturated heterocycles. The Labute approximate surface area is 184 Å². The SMILES string of the molecule is COc1ccc(-c2nnn(CN3CCc4sccc4[C@@H]3c3ccccc3)n2)cc1OC. The van der Waals surface area contributed by atoms with E-state index in [1.54, 1.807) is 19.0 Å². The van der Waals surface area contributed by atoms with Gasteiger partial charge in [-0.05, 0) is 52.4 Å². The molecule has 4 aromatic rings. The molecule has 7 nitrogen and oxygen atoms in total. The molecule has 31 heavy (non-hydrogen) atoms. The summed E-state index contributed by atoms with van der Waals surface area (Å²) in [4.78, 5) is 5.53. The van der Waals surface area contributed by atoms with Crippen molar-refractivity contribution in [3.63, 3.8) is 0 Å². The second-order valence-electron chi connectivity index (χ2n) is 7.37. The first-order valence-corrected chi connectivity index (χ1v) is 11.0. The smallest absolute Gasteiger partial charge is 0.205 e. The number of aromatic nitrogens is 4. The van der Waals surface area contributed by atoms with Crippen LogP contribution in [0.3, 0.4) is 0 Å². The predicted molar refractivity (Wildman–Crippen MR) is 119 cm³/mol. The number of methoxy groups -OCH3 is 2. The first-order chi connectivity index (χ1) is 15.3. The zero-order chi connectivity index (χ0) is 21.2. The van der Waals surface area contributed by atoms with E-state index in [9.17, 15) is 0 Å². The van der Waals surface area contributed by atoms with Crippen LogP contribution in [-0.4, -0.2) is 45.9 Å². The summed E-state index contributed by atoms with van der Waals surface area (Å²) in [5, 5.41) is 15.4. The molecule has 3 heterocycles. The summed E-state index contributed by atoms with van der Waals surface area (Å²) in [6.45, 7) is 1.51. The Kier molecular flexibility index (Phi) is 5.40. The minimum absolute atomic E-state index is 0.187. The largest absolute Gasteiger partial charge is 0.493 e. The van der Waals surface area contributed by atoms with E-state index in [-0.39, 0.29) is 6.04 Å². The van der Waals surface area contributed by atoms with Gasteiger partial charge in [0.2, 0.25) is 5.82 Å². The third-order valence-corrected chi connectivity index (χ3v) is 6.58. The molecule has 0 N–H and O–H groups in total. The maximum atomic E-state index is 5.40. The van der Waals surface area contributed by atoms with E-state index in [0.29, 0.717) is 24.0 Å². The van der Waals surface area contributed by atoms with Crippen LogP contribution in [0.1, 0.15) is 22.0 Å². The third kappa shape index (κ3) is 3.80. The molecule has 8 heteroatoms. The number of hydrogen-bond acceptors (Lipinski definition) is 7. The maximum Gasteiger partial charge on any atom is 0.205 e. The molecule has 0 unspecified atom stereocenters. The predicted octanol–water partition coefficient (Wildman–Crippen LogP) is 4.02. The van der Waals surface area contributed by atoms with Gasteiger partial charge in [0.15, 0.2) is 11.5 Å². The van der Waals surface area contributed by atoms with E-state index >= 15 is 0 Å². The van der Waals surface area contributed by atoms with Gasteiger partial charge >= 0.3 is 0 Å². The highest BCUT2D eigenvalue weighted by Gasteiger charge is 2.30. The molecule has 0 saturated carbocycles. The van der Waals surface area contributed by atoms with Crippen molar-refractivity contribution < 1.29 is 9.47 Å². The highest BCUT2D eigenvalue weighted by molar-refractivity contribution is 7.10. The van der Waals surface area contributed by atoms with Gasteiger partial charge in [0, 0.05) is 17.0 Å². The number of ether oxygens (including phenoxy) is 2. The molecule has 0 radical (unpaired) electrons. The Bertz CT molecular complexity index is 1170. The number of hydrogen-bond donors (Lipinski definition) is 0. The summed E-state index contributed by atoms with van der Waals surface area (Å²) in [6, 6.07) is 18.7. The van der Waals surface area contributed by atoms with Crippen LogP contribution in [-0.2, 0) is 13.1 Å². The van der Waals surface area contributed by atoms with Gasteiger partial charge in [0.1, 0.15) is 6.67 Å². The van der Waals surface area contributed by atoms with Crippen molar-refractivity contribution in [2.45, 2.75) is 19.1 Å². The minimum Gasteiger partial charge on any atom is -0.493 e. The van der Waals surface area contributed by atoms with Crippen LogP contribution in [0, 0.1) is 0 Å². The van der Waals surface area contributed by atoms with Crippen LogP contribution in [0.2, 0.25) is 0 Å². The fourth-order valence-corrected chi connectivity index (χ4v) is 5.01. The first-order valence-electron chi connectivity index (χ1n) is 10.1. The highest BCUT2D eigenvalue weighted by Crippen LogP contribution is 2.38. The standard InChI is InChI=1S/C23H23N5O2S/c1-29-19-9-8-17(14-20(19)30-2)23-24-26-28(25-23)15-27-12-10-21-18(11-13-31-21)22(27)16-6-4-3-5-7-16/h3-9,11,13-14,22H,10,12,15H2,1-2H3/t22-/m0/s1. The summed E-state index contributed by atoms with van der Waals surface area (Å²) in [5.74, 6) is 1.87. The first kappa shape index (κ1) is 19.7. The fraction of sp³-hybridized carbons (Fsp3) is 0.261. The van der Waals surface area contributed by atoms with Crippen molar-refractivity contribution in [1.82, 2.24) is 25.1 Å². The molecule has 1 aliphatic heterocycles. The molecule has 0 amide bonds. The molecular formula is C23H23N5O2S. The van der Waals surface area contributed by atoms with Crippen molar-refractivity contribution >= 4 is 11.3 Å². The van der Waals surface area contributed by atoms with Crippen LogP contribution in [0.15, 0.2) is 60.0 Å². The zero-order valence-electron chi connectivity index (χ0n) is 17.4. The van der Waals surface area contributed by atoms with Crippen molar-refractivity contribution in [2.24, 2.45) is 0 Å². The van der Waals surface area contributed by atoms with Gasteiger partial charge in [-0.1, -0.05) is 30.3 Å². The van der Waals surface area contributed by atoms with Gasteiger partial charge < -0.3 is 9.47 Å². The number of fused-ring (bicyclic) bond motifs is 1. The van der Waals surface area contributed by atoms with Crippen LogP contribution in [0.25, 0.3) is 11.4 Å². The van der Waals surface area contributed by atoms with Gasteiger partial charge in [-0.25, -0.2) is 0 Å². The lowest BCUT2D eigenvalue weighted by Crippen LogP contribution is -2.37. The van der Waals surface area contributed by atoms with Crippen LogP contribution >= 0.6 is 11.3 Å². The summed E-state index contributed by atoms with van der Waals surface area (Å²) in [7, 11) is 3.23. The Morgan fingerprint density at radius 2 is 1.87 bits per heavy atom. The molecule has 1 atom stereocenters. The van der Waals surface area contributed by atoms with Crippen LogP contribution < -0.4 is 9.47 Å². The van der Waals surface area contributed by atoms with E-state index in [4.69, 9.17) is 9.47 Å². The minimum atomic E-state index is 0.187. The average Bonchev–Trinajstić information content (AvgIpc) is 3.49. The fourth-order valence-electron chi connectivity index (χ4n) is 4.10. The molecule has 1 aliphatic rings. The lowest BCUT2D eigenvalue weighted by Gasteiger charge is -2.35. The molecule has 0 fully saturated rings. The van der Waals surface area contributed by atoms with Crippen molar-refractivity contribution in [3.8, 4) is 22.9 Å². The summed E-state index contributed by atoms with van der Waals surface area (Å²) in [6.07, 6.45) is 1.04. The van der Waals surface area contributed by atoms with E-state index in [1.165, 1.54) is 16.0 Å². The van der Waals surface area contributed by atoms with E-state index < -0.39 is 0 Å². The van der Waals surface area contributed by atoms with Gasteiger partial charge in [0.05, 0.1) is 20.3 Å². The second kappa shape index (κ2) is 8.49. The lowest BCUT2D eigenvalue weighted by molar-refractivity contribution is 0.146. The molecular weight excluding hydrogens is 410 g/mol. The third-order valence-electron chi connectivity index (χ3n) is 5.58. The summed E-state index contributed by atoms with van der Waals surface area (Å²) in [5.41, 5.74) is 3.49. The second-order valence-corrected chi connectivity index (χ2v) is 8.37. The molecule has 5 rings (SSSR count). The van der Waals surface area contributed by atoms with Gasteiger partial charge in [0.25, 0.3) is 0 Å². The van der Waals surface area contributed by atoms with Crippen molar-refractivity contribution in [1.29, 1.82) is 0 Å². The number of thiophene rings is 1. The molecule has 0 bridgehead atoms. The summed E-state index contributed by atoms with van der Waals surface area (Å²) < 4.78 is 10.7. The van der Waals surface area contributed by atoms with Gasteiger partial charge in [-0.15, -0.1) is 26.3 Å². The monoisotopic (exact) mass is 433 g/mol. The Morgan fingerprint density at radius 3 is 2.68 bits per heavy atom. The number of benzene rings is 2. The highest BCUT2D eigenvalue weighted by atomic mass is 32.1. The van der Waals surface area contributed by atoms with Crippen LogP contribution in [0.4, 0.5) is 0 Å². The molecule has 2 aromatic carbocycles. The quantitative estimate of drug-likeness (QED) is 0.458. The Hall–Kier alpha value is -3.23. The average molecular weight is 434 g/mol. The summed E-state index contributed by atoms with van der Waals surface area (Å²) >= 11 is 1.84. The number of rotatable bonds is 6. The molecule has 2 aromatic heterocycles. The van der Waals surface area contributed by atoms with E-state index in [1.807, 2.05) is 29.5 Å². The van der Waals surface area contributed by atoms with E-state index in [0.717, 1.165) is 18.5 Å². The van der Waals surface area contributed by atoms with Gasteiger partial charge in [-0.3, -0.25) is 4.90 Å².